The van der Waals surface area contributed by atoms with Crippen molar-refractivity contribution in [2.45, 2.75) is 51.9 Å². The SMILES string of the molecule is CCOc1n[nH]c(NC(=O)CC2CCCCCC2)n1. The van der Waals surface area contributed by atoms with E-state index in [2.05, 4.69) is 20.5 Å². The lowest BCUT2D eigenvalue weighted by Crippen LogP contribution is -2.17. The first-order chi connectivity index (χ1) is 9.28. The first-order valence-electron chi connectivity index (χ1n) is 7.13. The number of hydrogen-bond donors (Lipinski definition) is 2. The lowest BCUT2D eigenvalue weighted by Gasteiger charge is -2.12. The average molecular weight is 266 g/mol. The number of aromatic amines is 1. The van der Waals surface area contributed by atoms with Crippen molar-refractivity contribution in [3.8, 4) is 6.01 Å². The summed E-state index contributed by atoms with van der Waals surface area (Å²) in [5.41, 5.74) is 0. The molecule has 2 N–H and O–H groups in total. The summed E-state index contributed by atoms with van der Waals surface area (Å²) in [6, 6.07) is 0.271. The number of anilines is 1. The molecule has 19 heavy (non-hydrogen) atoms. The first kappa shape index (κ1) is 13.8. The van der Waals surface area contributed by atoms with Crippen LogP contribution in [0.1, 0.15) is 51.9 Å². The van der Waals surface area contributed by atoms with Crippen molar-refractivity contribution >= 4 is 11.9 Å². The Labute approximate surface area is 113 Å². The molecule has 1 aliphatic carbocycles. The van der Waals surface area contributed by atoms with Gasteiger partial charge in [0.15, 0.2) is 0 Å². The highest BCUT2D eigenvalue weighted by molar-refractivity contribution is 5.89. The van der Waals surface area contributed by atoms with E-state index in [9.17, 15) is 4.79 Å². The molecule has 1 aromatic rings. The van der Waals surface area contributed by atoms with E-state index in [0.29, 0.717) is 24.9 Å². The van der Waals surface area contributed by atoms with Crippen LogP contribution >= 0.6 is 0 Å². The van der Waals surface area contributed by atoms with E-state index in [1.165, 1.54) is 25.7 Å². The molecule has 106 valence electrons. The zero-order valence-corrected chi connectivity index (χ0v) is 11.4. The lowest BCUT2D eigenvalue weighted by atomic mass is 9.96. The highest BCUT2D eigenvalue weighted by atomic mass is 16.5. The number of hydrogen-bond acceptors (Lipinski definition) is 4. The summed E-state index contributed by atoms with van der Waals surface area (Å²) in [6.45, 7) is 2.37. The smallest absolute Gasteiger partial charge is 0.337 e. The number of H-pyrrole nitrogens is 1. The minimum absolute atomic E-state index is 0.00565. The third-order valence-electron chi connectivity index (χ3n) is 3.44. The summed E-state index contributed by atoms with van der Waals surface area (Å²) in [6.07, 6.45) is 7.99. The molecule has 0 saturated heterocycles. The number of nitrogens with one attached hydrogen (secondary N) is 2. The lowest BCUT2D eigenvalue weighted by molar-refractivity contribution is -0.117. The number of carbonyl (C=O) groups excluding carboxylic acids is 1. The fourth-order valence-electron chi connectivity index (χ4n) is 2.51. The number of amides is 1. The summed E-state index contributed by atoms with van der Waals surface area (Å²) in [5, 5.41) is 9.24. The molecule has 1 saturated carbocycles. The van der Waals surface area contributed by atoms with Crippen LogP contribution in [0, 0.1) is 5.92 Å². The third kappa shape index (κ3) is 4.54. The number of carbonyl (C=O) groups is 1. The topological polar surface area (TPSA) is 79.9 Å². The molecule has 1 heterocycles. The number of rotatable bonds is 5. The molecule has 0 bridgehead atoms. The fourth-order valence-corrected chi connectivity index (χ4v) is 2.51. The molecule has 0 aromatic carbocycles. The zero-order chi connectivity index (χ0) is 13.5. The first-order valence-corrected chi connectivity index (χ1v) is 7.13. The Bertz CT molecular complexity index is 397. The largest absolute Gasteiger partial charge is 0.463 e. The third-order valence-corrected chi connectivity index (χ3v) is 3.44. The predicted molar refractivity (Wildman–Crippen MR) is 72.0 cm³/mol. The quantitative estimate of drug-likeness (QED) is 0.802. The normalized spacial score (nSPS) is 16.9. The van der Waals surface area contributed by atoms with E-state index in [-0.39, 0.29) is 11.9 Å². The van der Waals surface area contributed by atoms with Crippen LogP contribution < -0.4 is 10.1 Å². The Morgan fingerprint density at radius 1 is 1.37 bits per heavy atom. The molecule has 0 spiro atoms. The maximum atomic E-state index is 11.9. The molecule has 1 aromatic heterocycles. The van der Waals surface area contributed by atoms with E-state index in [0.717, 1.165) is 12.8 Å². The number of ether oxygens (including phenoxy) is 1. The van der Waals surface area contributed by atoms with Crippen LogP contribution in [0.2, 0.25) is 0 Å². The summed E-state index contributed by atoms with van der Waals surface area (Å²) in [5.74, 6) is 0.880. The van der Waals surface area contributed by atoms with Crippen molar-refractivity contribution in [1.82, 2.24) is 15.2 Å². The van der Waals surface area contributed by atoms with Gasteiger partial charge < -0.3 is 4.74 Å². The molecule has 0 aliphatic heterocycles. The number of nitrogens with zero attached hydrogens (tertiary/aromatic N) is 2. The Morgan fingerprint density at radius 3 is 2.79 bits per heavy atom. The molecular formula is C13H22N4O2. The fraction of sp³-hybridized carbons (Fsp3) is 0.769. The van der Waals surface area contributed by atoms with E-state index < -0.39 is 0 Å². The van der Waals surface area contributed by atoms with Crippen LogP contribution in [0.25, 0.3) is 0 Å². The van der Waals surface area contributed by atoms with Gasteiger partial charge in [0.05, 0.1) is 6.61 Å². The molecule has 1 fully saturated rings. The Balaban J connectivity index is 1.79. The zero-order valence-electron chi connectivity index (χ0n) is 11.4. The molecule has 2 rings (SSSR count). The van der Waals surface area contributed by atoms with Crippen LogP contribution in [0.5, 0.6) is 6.01 Å². The van der Waals surface area contributed by atoms with E-state index in [1.807, 2.05) is 6.92 Å². The van der Waals surface area contributed by atoms with Crippen LogP contribution in [0.15, 0.2) is 0 Å². The van der Waals surface area contributed by atoms with Crippen LogP contribution in [0.3, 0.4) is 0 Å². The Morgan fingerprint density at radius 2 is 2.11 bits per heavy atom. The Hall–Kier alpha value is -1.59. The monoisotopic (exact) mass is 266 g/mol. The predicted octanol–water partition coefficient (Wildman–Crippen LogP) is 2.50. The van der Waals surface area contributed by atoms with Crippen molar-refractivity contribution in [3.63, 3.8) is 0 Å². The summed E-state index contributed by atoms with van der Waals surface area (Å²) >= 11 is 0. The molecule has 6 nitrogen and oxygen atoms in total. The molecule has 0 atom stereocenters. The van der Waals surface area contributed by atoms with Gasteiger partial charge in [-0.3, -0.25) is 10.1 Å². The highest BCUT2D eigenvalue weighted by Gasteiger charge is 2.17. The maximum absolute atomic E-state index is 11.9. The van der Waals surface area contributed by atoms with E-state index >= 15 is 0 Å². The molecule has 1 aliphatic rings. The summed E-state index contributed by atoms with van der Waals surface area (Å²) < 4.78 is 5.13. The van der Waals surface area contributed by atoms with Gasteiger partial charge in [-0.05, 0) is 25.7 Å². The van der Waals surface area contributed by atoms with Gasteiger partial charge in [0.25, 0.3) is 0 Å². The van der Waals surface area contributed by atoms with Crippen molar-refractivity contribution in [2.75, 3.05) is 11.9 Å². The number of aromatic nitrogens is 3. The molecule has 0 radical (unpaired) electrons. The van der Waals surface area contributed by atoms with Gasteiger partial charge in [0.2, 0.25) is 11.9 Å². The molecular weight excluding hydrogens is 244 g/mol. The van der Waals surface area contributed by atoms with Gasteiger partial charge in [-0.1, -0.05) is 25.7 Å². The maximum Gasteiger partial charge on any atom is 0.337 e. The highest BCUT2D eigenvalue weighted by Crippen LogP contribution is 2.25. The standard InChI is InChI=1S/C13H22N4O2/c1-2-19-13-15-12(16-17-13)14-11(18)9-10-7-5-3-4-6-8-10/h10H,2-9H2,1H3,(H2,14,15,16,17,18). The second-order valence-corrected chi connectivity index (χ2v) is 5.01. The minimum Gasteiger partial charge on any atom is -0.463 e. The minimum atomic E-state index is 0.00565. The molecule has 1 amide bonds. The van der Waals surface area contributed by atoms with E-state index in [4.69, 9.17) is 4.74 Å². The molecule has 0 unspecified atom stereocenters. The van der Waals surface area contributed by atoms with Gasteiger partial charge in [-0.2, -0.15) is 4.98 Å². The van der Waals surface area contributed by atoms with E-state index in [1.54, 1.807) is 0 Å². The van der Waals surface area contributed by atoms with Gasteiger partial charge in [0, 0.05) is 6.42 Å². The van der Waals surface area contributed by atoms with Gasteiger partial charge >= 0.3 is 6.01 Å². The van der Waals surface area contributed by atoms with Crippen LogP contribution in [-0.2, 0) is 4.79 Å². The second kappa shape index (κ2) is 7.11. The Kier molecular flexibility index (Phi) is 5.18. The summed E-state index contributed by atoms with van der Waals surface area (Å²) in [7, 11) is 0. The summed E-state index contributed by atoms with van der Waals surface area (Å²) in [4.78, 5) is 16.0. The van der Waals surface area contributed by atoms with Gasteiger partial charge in [-0.25, -0.2) is 5.10 Å². The van der Waals surface area contributed by atoms with Crippen LogP contribution in [0.4, 0.5) is 5.95 Å². The average Bonchev–Trinajstić information content (AvgIpc) is 2.65. The van der Waals surface area contributed by atoms with Gasteiger partial charge in [0.1, 0.15) is 0 Å². The second-order valence-electron chi connectivity index (χ2n) is 5.01. The molecule has 6 heteroatoms. The van der Waals surface area contributed by atoms with Crippen LogP contribution in [-0.4, -0.2) is 27.7 Å². The van der Waals surface area contributed by atoms with Gasteiger partial charge in [-0.15, -0.1) is 5.10 Å². The van der Waals surface area contributed by atoms with Crippen molar-refractivity contribution in [1.29, 1.82) is 0 Å². The van der Waals surface area contributed by atoms with Crippen molar-refractivity contribution < 1.29 is 9.53 Å². The van der Waals surface area contributed by atoms with Crippen molar-refractivity contribution in [2.24, 2.45) is 5.92 Å². The van der Waals surface area contributed by atoms with Crippen molar-refractivity contribution in [3.05, 3.63) is 0 Å².